The van der Waals surface area contributed by atoms with Gasteiger partial charge in [-0.15, -0.1) is 0 Å². The first-order chi connectivity index (χ1) is 6.36. The minimum Gasteiger partial charge on any atom is -0.326 e. The van der Waals surface area contributed by atoms with Gasteiger partial charge >= 0.3 is 0 Å². The summed E-state index contributed by atoms with van der Waals surface area (Å²) < 4.78 is 48.2. The zero-order valence-electron chi connectivity index (χ0n) is 7.42. The Morgan fingerprint density at radius 3 is 2.36 bits per heavy atom. The Hall–Kier alpha value is -1.01. The van der Waals surface area contributed by atoms with Crippen LogP contribution in [0.1, 0.15) is 5.56 Å². The van der Waals surface area contributed by atoms with Gasteiger partial charge in [0.1, 0.15) is 16.5 Å². The first-order valence-corrected chi connectivity index (χ1v) is 5.63. The Morgan fingerprint density at radius 1 is 1.36 bits per heavy atom. The molecule has 0 unspecified atom stereocenters. The molecule has 3 nitrogen and oxygen atoms in total. The second kappa shape index (κ2) is 3.62. The molecule has 14 heavy (non-hydrogen) atoms. The highest BCUT2D eigenvalue weighted by Gasteiger charge is 2.17. The molecular weight excluding hydrogens is 212 g/mol. The maximum absolute atomic E-state index is 13.3. The molecule has 1 aromatic rings. The van der Waals surface area contributed by atoms with Crippen molar-refractivity contribution in [2.45, 2.75) is 11.4 Å². The minimum atomic E-state index is -3.76. The van der Waals surface area contributed by atoms with Crippen molar-refractivity contribution in [1.29, 1.82) is 0 Å². The standard InChI is InChI=1S/C8H9F2NO2S/c1-14(12,13)7-3-6(9)2-5(4-11)8(7)10/h2-3H,4,11H2,1H3. The average molecular weight is 221 g/mol. The Morgan fingerprint density at radius 2 is 1.93 bits per heavy atom. The lowest BCUT2D eigenvalue weighted by Gasteiger charge is -2.05. The summed E-state index contributed by atoms with van der Waals surface area (Å²) >= 11 is 0. The van der Waals surface area contributed by atoms with Gasteiger partial charge in [-0.1, -0.05) is 0 Å². The lowest BCUT2D eigenvalue weighted by atomic mass is 10.2. The molecule has 0 aliphatic carbocycles. The van der Waals surface area contributed by atoms with Gasteiger partial charge in [-0.2, -0.15) is 0 Å². The smallest absolute Gasteiger partial charge is 0.178 e. The molecular formula is C8H9F2NO2S. The third-order valence-electron chi connectivity index (χ3n) is 1.70. The van der Waals surface area contributed by atoms with Crippen molar-refractivity contribution in [3.8, 4) is 0 Å². The van der Waals surface area contributed by atoms with Crippen molar-refractivity contribution in [3.05, 3.63) is 29.3 Å². The van der Waals surface area contributed by atoms with Gasteiger partial charge in [0.05, 0.1) is 0 Å². The van der Waals surface area contributed by atoms with Crippen molar-refractivity contribution in [3.63, 3.8) is 0 Å². The zero-order valence-corrected chi connectivity index (χ0v) is 8.24. The third-order valence-corrected chi connectivity index (χ3v) is 2.79. The van der Waals surface area contributed by atoms with Crippen molar-refractivity contribution in [1.82, 2.24) is 0 Å². The average Bonchev–Trinajstić information content (AvgIpc) is 2.06. The van der Waals surface area contributed by atoms with Gasteiger partial charge in [0.25, 0.3) is 0 Å². The quantitative estimate of drug-likeness (QED) is 0.804. The van der Waals surface area contributed by atoms with Crippen LogP contribution >= 0.6 is 0 Å². The Labute approximate surface area is 80.5 Å². The lowest BCUT2D eigenvalue weighted by molar-refractivity contribution is 0.544. The third kappa shape index (κ3) is 2.08. The molecule has 78 valence electrons. The van der Waals surface area contributed by atoms with Crippen molar-refractivity contribution in [2.24, 2.45) is 5.73 Å². The Kier molecular flexibility index (Phi) is 2.86. The minimum absolute atomic E-state index is 0.148. The van der Waals surface area contributed by atoms with Crippen LogP contribution in [0.5, 0.6) is 0 Å². The van der Waals surface area contributed by atoms with E-state index in [1.165, 1.54) is 0 Å². The van der Waals surface area contributed by atoms with E-state index in [4.69, 9.17) is 5.73 Å². The summed E-state index contributed by atoms with van der Waals surface area (Å²) in [5.41, 5.74) is 4.98. The second-order valence-corrected chi connectivity index (χ2v) is 4.84. The Balaban J connectivity index is 3.53. The van der Waals surface area contributed by atoms with E-state index >= 15 is 0 Å². The predicted molar refractivity (Wildman–Crippen MR) is 47.4 cm³/mol. The first-order valence-electron chi connectivity index (χ1n) is 3.74. The second-order valence-electron chi connectivity index (χ2n) is 2.85. The summed E-state index contributed by atoms with van der Waals surface area (Å²) in [5, 5.41) is 0. The molecule has 0 fully saturated rings. The maximum Gasteiger partial charge on any atom is 0.178 e. The fraction of sp³-hybridized carbons (Fsp3) is 0.250. The van der Waals surface area contributed by atoms with Crippen LogP contribution in [0.4, 0.5) is 8.78 Å². The molecule has 0 aliphatic rings. The number of hydrogen-bond acceptors (Lipinski definition) is 3. The van der Waals surface area contributed by atoms with Gasteiger partial charge in [0.2, 0.25) is 0 Å². The molecule has 6 heteroatoms. The van der Waals surface area contributed by atoms with E-state index in [1.54, 1.807) is 0 Å². The van der Waals surface area contributed by atoms with Crippen LogP contribution in [0.2, 0.25) is 0 Å². The fourth-order valence-electron chi connectivity index (χ4n) is 1.04. The monoisotopic (exact) mass is 221 g/mol. The Bertz CT molecular complexity index is 457. The van der Waals surface area contributed by atoms with Crippen molar-refractivity contribution >= 4 is 9.84 Å². The molecule has 0 saturated heterocycles. The highest BCUT2D eigenvalue weighted by Crippen LogP contribution is 2.19. The summed E-state index contributed by atoms with van der Waals surface area (Å²) in [6, 6.07) is 1.52. The van der Waals surface area contributed by atoms with Crippen LogP contribution in [-0.4, -0.2) is 14.7 Å². The number of sulfone groups is 1. The number of rotatable bonds is 2. The topological polar surface area (TPSA) is 60.2 Å². The zero-order chi connectivity index (χ0) is 10.9. The molecule has 0 radical (unpaired) electrons. The van der Waals surface area contributed by atoms with Gasteiger partial charge in [-0.3, -0.25) is 0 Å². The fourth-order valence-corrected chi connectivity index (χ4v) is 1.82. The summed E-state index contributed by atoms with van der Waals surface area (Å²) in [7, 11) is -3.76. The van der Waals surface area contributed by atoms with Crippen LogP contribution in [-0.2, 0) is 16.4 Å². The number of benzene rings is 1. The van der Waals surface area contributed by atoms with Crippen LogP contribution in [0.3, 0.4) is 0 Å². The number of hydrogen-bond donors (Lipinski definition) is 1. The number of nitrogens with two attached hydrogens (primary N) is 1. The maximum atomic E-state index is 13.3. The molecule has 0 atom stereocenters. The molecule has 1 aromatic carbocycles. The van der Waals surface area contributed by atoms with Gasteiger partial charge in [0, 0.05) is 18.4 Å². The predicted octanol–water partition coefficient (Wildman–Crippen LogP) is 0.827. The van der Waals surface area contributed by atoms with E-state index in [9.17, 15) is 17.2 Å². The van der Waals surface area contributed by atoms with Gasteiger partial charge in [-0.25, -0.2) is 17.2 Å². The van der Waals surface area contributed by atoms with E-state index in [0.29, 0.717) is 6.07 Å². The van der Waals surface area contributed by atoms with Crippen molar-refractivity contribution < 1.29 is 17.2 Å². The molecule has 0 aliphatic heterocycles. The molecule has 1 rings (SSSR count). The SMILES string of the molecule is CS(=O)(=O)c1cc(F)cc(CN)c1F. The highest BCUT2D eigenvalue weighted by atomic mass is 32.2. The molecule has 0 aromatic heterocycles. The van der Waals surface area contributed by atoms with E-state index in [2.05, 4.69) is 0 Å². The molecule has 0 spiro atoms. The molecule has 0 saturated carbocycles. The summed E-state index contributed by atoms with van der Waals surface area (Å²) in [6.45, 7) is -0.244. The van der Waals surface area contributed by atoms with Crippen LogP contribution < -0.4 is 5.73 Å². The first kappa shape index (κ1) is 11.1. The van der Waals surface area contributed by atoms with E-state index in [-0.39, 0.29) is 12.1 Å². The number of halogens is 2. The van der Waals surface area contributed by atoms with Crippen LogP contribution in [0.15, 0.2) is 17.0 Å². The molecule has 0 heterocycles. The van der Waals surface area contributed by atoms with Crippen molar-refractivity contribution in [2.75, 3.05) is 6.26 Å². The highest BCUT2D eigenvalue weighted by molar-refractivity contribution is 7.90. The summed E-state index contributed by atoms with van der Waals surface area (Å²) in [6.07, 6.45) is 0.811. The van der Waals surface area contributed by atoms with E-state index in [1.807, 2.05) is 0 Å². The van der Waals surface area contributed by atoms with Gasteiger partial charge in [-0.05, 0) is 12.1 Å². The van der Waals surface area contributed by atoms with Crippen LogP contribution in [0, 0.1) is 11.6 Å². The van der Waals surface area contributed by atoms with Gasteiger partial charge in [0.15, 0.2) is 9.84 Å². The molecule has 2 N–H and O–H groups in total. The summed E-state index contributed by atoms with van der Waals surface area (Å²) in [5.74, 6) is -1.79. The molecule has 0 amide bonds. The largest absolute Gasteiger partial charge is 0.326 e. The lowest BCUT2D eigenvalue weighted by Crippen LogP contribution is -2.08. The van der Waals surface area contributed by atoms with Crippen LogP contribution in [0.25, 0.3) is 0 Å². The summed E-state index contributed by atoms with van der Waals surface area (Å²) in [4.78, 5) is -0.655. The molecule has 0 bridgehead atoms. The van der Waals surface area contributed by atoms with Gasteiger partial charge < -0.3 is 5.73 Å². The normalized spacial score (nSPS) is 11.7. The van der Waals surface area contributed by atoms with E-state index in [0.717, 1.165) is 12.3 Å². The van der Waals surface area contributed by atoms with E-state index < -0.39 is 26.4 Å².